The minimum absolute atomic E-state index is 0.816. The first-order valence-corrected chi connectivity index (χ1v) is 5.96. The number of hydrogen-bond donors (Lipinski definition) is 0. The van der Waals surface area contributed by atoms with Crippen LogP contribution < -0.4 is 0 Å². The Hall–Kier alpha value is 0.950. The van der Waals surface area contributed by atoms with Crippen molar-refractivity contribution in [2.24, 2.45) is 0 Å². The van der Waals surface area contributed by atoms with E-state index in [2.05, 4.69) is 10.6 Å². The van der Waals surface area contributed by atoms with E-state index in [1.165, 1.54) is 30.5 Å². The van der Waals surface area contributed by atoms with Crippen LogP contribution in [0.5, 0.6) is 0 Å². The summed E-state index contributed by atoms with van der Waals surface area (Å²) in [5.41, 5.74) is 0. The second-order valence-electron chi connectivity index (χ2n) is 1.44. The van der Waals surface area contributed by atoms with Crippen molar-refractivity contribution < 1.29 is 3.63 Å². The van der Waals surface area contributed by atoms with Gasteiger partial charge in [0.2, 0.25) is 0 Å². The van der Waals surface area contributed by atoms with Crippen molar-refractivity contribution in [1.82, 2.24) is 0 Å². The molecule has 10 heavy (non-hydrogen) atoms. The molecule has 0 aliphatic heterocycles. The first-order chi connectivity index (χ1) is 4.83. The Morgan fingerprint density at radius 1 is 1.30 bits per heavy atom. The van der Waals surface area contributed by atoms with Gasteiger partial charge in [0.1, 0.15) is 0 Å². The molecule has 0 bridgehead atoms. The first kappa shape index (κ1) is 13.5. The van der Waals surface area contributed by atoms with E-state index in [-0.39, 0.29) is 0 Å². The van der Waals surface area contributed by atoms with E-state index in [1.54, 1.807) is 0 Å². The third-order valence-corrected chi connectivity index (χ3v) is 1.98. The summed E-state index contributed by atoms with van der Waals surface area (Å²) < 4.78 is 4.67. The molecule has 0 saturated heterocycles. The summed E-state index contributed by atoms with van der Waals surface area (Å²) >= 11 is 8.03. The monoisotopic (exact) mass is 202 g/mol. The Morgan fingerprint density at radius 3 is 1.80 bits per heavy atom. The van der Waals surface area contributed by atoms with Gasteiger partial charge in [-0.05, 0) is 6.42 Å². The van der Waals surface area contributed by atoms with Gasteiger partial charge in [-0.2, -0.15) is 0 Å². The van der Waals surface area contributed by atoms with Gasteiger partial charge >= 0.3 is 0 Å². The van der Waals surface area contributed by atoms with Gasteiger partial charge in [0.15, 0.2) is 0 Å². The van der Waals surface area contributed by atoms with E-state index >= 15 is 0 Å². The molecule has 4 heteroatoms. The van der Waals surface area contributed by atoms with Crippen LogP contribution in [0.3, 0.4) is 0 Å². The SMILES string of the molecule is CCCCCl.CSOSC. The molecule has 0 aliphatic rings. The number of halogens is 1. The Kier molecular flexibility index (Phi) is 22.3. The predicted octanol–water partition coefficient (Wildman–Crippen LogP) is 3.58. The normalized spacial score (nSPS) is 8.40. The molecule has 0 unspecified atom stereocenters. The molecule has 0 atom stereocenters. The van der Waals surface area contributed by atoms with E-state index in [0.717, 1.165) is 12.3 Å². The number of unbranched alkanes of at least 4 members (excludes halogenated alkanes) is 1. The average molecular weight is 203 g/mol. The molecule has 0 spiro atoms. The fourth-order valence-corrected chi connectivity index (χ4v) is 1.01. The predicted molar refractivity (Wildman–Crippen MR) is 53.7 cm³/mol. The van der Waals surface area contributed by atoms with E-state index in [4.69, 9.17) is 11.6 Å². The summed E-state index contributed by atoms with van der Waals surface area (Å²) in [6, 6.07) is 0. The molecular formula is C6H15ClOS2. The van der Waals surface area contributed by atoms with Crippen molar-refractivity contribution in [2.45, 2.75) is 19.8 Å². The lowest BCUT2D eigenvalue weighted by Gasteiger charge is -1.82. The average Bonchev–Trinajstić information content (AvgIpc) is 1.93. The maximum atomic E-state index is 5.30. The van der Waals surface area contributed by atoms with E-state index in [9.17, 15) is 0 Å². The molecular weight excluding hydrogens is 188 g/mol. The molecule has 0 aromatic carbocycles. The molecule has 0 aromatic rings. The van der Waals surface area contributed by atoms with Crippen LogP contribution in [0.15, 0.2) is 0 Å². The van der Waals surface area contributed by atoms with Gasteiger partial charge in [-0.15, -0.1) is 11.6 Å². The lowest BCUT2D eigenvalue weighted by atomic mass is 10.4. The van der Waals surface area contributed by atoms with Gasteiger partial charge in [-0.1, -0.05) is 13.3 Å². The third-order valence-electron chi connectivity index (χ3n) is 0.623. The van der Waals surface area contributed by atoms with E-state index < -0.39 is 0 Å². The molecule has 64 valence electrons. The van der Waals surface area contributed by atoms with Crippen molar-refractivity contribution >= 4 is 35.7 Å². The maximum absolute atomic E-state index is 5.30. The van der Waals surface area contributed by atoms with Crippen molar-refractivity contribution in [1.29, 1.82) is 0 Å². The lowest BCUT2D eigenvalue weighted by Crippen LogP contribution is -1.65. The van der Waals surface area contributed by atoms with Crippen molar-refractivity contribution in [2.75, 3.05) is 18.4 Å². The van der Waals surface area contributed by atoms with Gasteiger partial charge in [0, 0.05) is 42.5 Å². The first-order valence-electron chi connectivity index (χ1n) is 3.12. The molecule has 0 radical (unpaired) electrons. The Balaban J connectivity index is 0. The Bertz CT molecular complexity index is 36.7. The third kappa shape index (κ3) is 23.1. The summed E-state index contributed by atoms with van der Waals surface area (Å²) in [4.78, 5) is 0. The van der Waals surface area contributed by atoms with Crippen LogP contribution in [-0.2, 0) is 3.63 Å². The van der Waals surface area contributed by atoms with Crippen LogP contribution in [0.4, 0.5) is 0 Å². The second kappa shape index (κ2) is 16.5. The topological polar surface area (TPSA) is 9.23 Å². The molecule has 0 aromatic heterocycles. The van der Waals surface area contributed by atoms with Crippen LogP contribution in [0.2, 0.25) is 0 Å². The minimum atomic E-state index is 0.816. The largest absolute Gasteiger partial charge is 0.248 e. The molecule has 0 N–H and O–H groups in total. The lowest BCUT2D eigenvalue weighted by molar-refractivity contribution is 0.769. The highest BCUT2D eigenvalue weighted by molar-refractivity contribution is 8.07. The number of rotatable bonds is 4. The Morgan fingerprint density at radius 2 is 1.80 bits per heavy atom. The summed E-state index contributed by atoms with van der Waals surface area (Å²) in [6.07, 6.45) is 6.14. The van der Waals surface area contributed by atoms with Crippen molar-refractivity contribution in [3.8, 4) is 0 Å². The minimum Gasteiger partial charge on any atom is -0.248 e. The summed E-state index contributed by atoms with van der Waals surface area (Å²) in [7, 11) is 0. The zero-order valence-electron chi connectivity index (χ0n) is 6.72. The fraction of sp³-hybridized carbons (Fsp3) is 1.00. The summed E-state index contributed by atoms with van der Waals surface area (Å²) in [5.74, 6) is 0.816. The molecule has 0 saturated carbocycles. The summed E-state index contributed by atoms with van der Waals surface area (Å²) in [6.45, 7) is 2.13. The van der Waals surface area contributed by atoms with Crippen LogP contribution >= 0.6 is 35.7 Å². The fourth-order valence-electron chi connectivity index (χ4n) is 0.202. The van der Waals surface area contributed by atoms with Crippen LogP contribution in [0, 0.1) is 0 Å². The smallest absolute Gasteiger partial charge is 0.0223 e. The van der Waals surface area contributed by atoms with Crippen LogP contribution in [0.25, 0.3) is 0 Å². The maximum Gasteiger partial charge on any atom is 0.0223 e. The second-order valence-corrected chi connectivity index (χ2v) is 3.03. The van der Waals surface area contributed by atoms with Crippen molar-refractivity contribution in [3.05, 3.63) is 0 Å². The number of alkyl halides is 1. The molecule has 0 amide bonds. The highest BCUT2D eigenvalue weighted by Crippen LogP contribution is 2.04. The van der Waals surface area contributed by atoms with Crippen molar-refractivity contribution in [3.63, 3.8) is 0 Å². The number of hydrogen-bond acceptors (Lipinski definition) is 3. The Labute approximate surface area is 77.7 Å². The quantitative estimate of drug-likeness (QED) is 0.510. The molecule has 0 aliphatic carbocycles. The van der Waals surface area contributed by atoms with Gasteiger partial charge < -0.3 is 0 Å². The van der Waals surface area contributed by atoms with Crippen LogP contribution in [-0.4, -0.2) is 18.4 Å². The van der Waals surface area contributed by atoms with Gasteiger partial charge in [-0.25, -0.2) is 3.63 Å². The zero-order chi connectivity index (χ0) is 8.24. The molecule has 0 heterocycles. The summed E-state index contributed by atoms with van der Waals surface area (Å²) in [5, 5.41) is 0. The molecule has 0 rings (SSSR count). The van der Waals surface area contributed by atoms with E-state index in [1.807, 2.05) is 12.5 Å². The van der Waals surface area contributed by atoms with E-state index in [0.29, 0.717) is 0 Å². The van der Waals surface area contributed by atoms with Gasteiger partial charge in [0.05, 0.1) is 0 Å². The zero-order valence-corrected chi connectivity index (χ0v) is 9.11. The highest BCUT2D eigenvalue weighted by Gasteiger charge is 1.70. The highest BCUT2D eigenvalue weighted by atomic mass is 35.5. The van der Waals surface area contributed by atoms with Gasteiger partial charge in [0.25, 0.3) is 0 Å². The van der Waals surface area contributed by atoms with Crippen LogP contribution in [0.1, 0.15) is 19.8 Å². The molecule has 0 fully saturated rings. The van der Waals surface area contributed by atoms with Gasteiger partial charge in [-0.3, -0.25) is 0 Å². The molecule has 1 nitrogen and oxygen atoms in total. The standard InChI is InChI=1S/C4H9Cl.C2H6OS2/c1-2-3-4-5;1-4-3-5-2/h2-4H2,1H3;1-2H3.